The third-order valence-corrected chi connectivity index (χ3v) is 4.56. The second-order valence-electron chi connectivity index (χ2n) is 5.94. The van der Waals surface area contributed by atoms with Gasteiger partial charge in [-0.2, -0.15) is 0 Å². The molecule has 0 aliphatic rings. The molecule has 0 aromatic heterocycles. The number of carbonyl (C=O) groups excluding carboxylic acids is 1. The van der Waals surface area contributed by atoms with Crippen LogP contribution in [-0.2, 0) is 11.2 Å². The molecule has 2 nitrogen and oxygen atoms in total. The van der Waals surface area contributed by atoms with Crippen LogP contribution in [-0.4, -0.2) is 5.91 Å². The number of aryl methyl sites for hydroxylation is 1. The highest BCUT2D eigenvalue weighted by Crippen LogP contribution is 2.28. The molecule has 1 amide bonds. The maximum atomic E-state index is 12.3. The van der Waals surface area contributed by atoms with Gasteiger partial charge in [-0.25, -0.2) is 0 Å². The molecular formula is C19H21Cl2NO. The number of halogens is 2. The summed E-state index contributed by atoms with van der Waals surface area (Å²) in [6.45, 7) is 6.24. The molecule has 0 aliphatic carbocycles. The number of nitrogens with one attached hydrogen (secondary N) is 1. The van der Waals surface area contributed by atoms with E-state index in [9.17, 15) is 4.79 Å². The summed E-state index contributed by atoms with van der Waals surface area (Å²) in [7, 11) is 0. The van der Waals surface area contributed by atoms with Crippen LogP contribution in [0.4, 0.5) is 5.69 Å². The maximum absolute atomic E-state index is 12.3. The van der Waals surface area contributed by atoms with Crippen molar-refractivity contribution in [2.45, 2.75) is 39.5 Å². The molecule has 0 atom stereocenters. The monoisotopic (exact) mass is 349 g/mol. The Morgan fingerprint density at radius 3 is 2.30 bits per heavy atom. The molecule has 0 aliphatic heterocycles. The summed E-state index contributed by atoms with van der Waals surface area (Å²) in [6, 6.07) is 11.5. The quantitative estimate of drug-likeness (QED) is 0.704. The van der Waals surface area contributed by atoms with Crippen molar-refractivity contribution in [3.8, 4) is 0 Å². The van der Waals surface area contributed by atoms with Gasteiger partial charge in [0.1, 0.15) is 0 Å². The van der Waals surface area contributed by atoms with E-state index in [1.54, 1.807) is 18.2 Å². The number of amides is 1. The first-order valence-electron chi connectivity index (χ1n) is 7.72. The minimum absolute atomic E-state index is 0.0304. The van der Waals surface area contributed by atoms with E-state index in [1.807, 2.05) is 19.1 Å². The lowest BCUT2D eigenvalue weighted by molar-refractivity contribution is -0.116. The van der Waals surface area contributed by atoms with Gasteiger partial charge in [0.25, 0.3) is 0 Å². The molecule has 2 aromatic carbocycles. The van der Waals surface area contributed by atoms with Gasteiger partial charge >= 0.3 is 0 Å². The van der Waals surface area contributed by atoms with Crippen LogP contribution in [0.2, 0.25) is 10.0 Å². The largest absolute Gasteiger partial charge is 0.326 e. The molecule has 2 aromatic rings. The van der Waals surface area contributed by atoms with Gasteiger partial charge in [-0.15, -0.1) is 0 Å². The summed E-state index contributed by atoms with van der Waals surface area (Å²) in [5, 5.41) is 4.25. The molecule has 0 unspecified atom stereocenters. The van der Waals surface area contributed by atoms with Gasteiger partial charge in [0.05, 0.1) is 0 Å². The first-order chi connectivity index (χ1) is 10.9. The first-order valence-corrected chi connectivity index (χ1v) is 8.48. The van der Waals surface area contributed by atoms with Crippen LogP contribution in [0, 0.1) is 6.92 Å². The van der Waals surface area contributed by atoms with E-state index in [1.165, 1.54) is 0 Å². The summed E-state index contributed by atoms with van der Waals surface area (Å²) in [5.41, 5.74) is 3.95. The second-order valence-corrected chi connectivity index (χ2v) is 6.76. The minimum atomic E-state index is -0.0304. The fraction of sp³-hybridized carbons (Fsp3) is 0.316. The zero-order valence-corrected chi connectivity index (χ0v) is 15.1. The third kappa shape index (κ3) is 4.49. The van der Waals surface area contributed by atoms with Crippen LogP contribution in [0.5, 0.6) is 0 Å². The summed E-state index contributed by atoms with van der Waals surface area (Å²) in [5.74, 6) is 0.320. The van der Waals surface area contributed by atoms with Gasteiger partial charge in [-0.3, -0.25) is 4.79 Å². The molecule has 0 bridgehead atoms. The SMILES string of the molecule is Cc1cccc(C(C)C)c1NC(=O)CCc1c(Cl)cccc1Cl. The Kier molecular flexibility index (Phi) is 6.09. The molecule has 23 heavy (non-hydrogen) atoms. The van der Waals surface area contributed by atoms with Crippen molar-refractivity contribution in [1.29, 1.82) is 0 Å². The van der Waals surface area contributed by atoms with Gasteiger partial charge in [-0.05, 0) is 48.1 Å². The standard InChI is InChI=1S/C19H21Cl2NO/c1-12(2)14-7-4-6-13(3)19(14)22-18(23)11-10-15-16(20)8-5-9-17(15)21/h4-9,12H,10-11H2,1-3H3,(H,22,23). The smallest absolute Gasteiger partial charge is 0.224 e. The van der Waals surface area contributed by atoms with Crippen molar-refractivity contribution in [3.63, 3.8) is 0 Å². The number of hydrogen-bond donors (Lipinski definition) is 1. The molecule has 2 rings (SSSR count). The highest BCUT2D eigenvalue weighted by atomic mass is 35.5. The molecule has 0 radical (unpaired) electrons. The van der Waals surface area contributed by atoms with E-state index in [2.05, 4.69) is 25.2 Å². The fourth-order valence-electron chi connectivity index (χ4n) is 2.55. The highest BCUT2D eigenvalue weighted by molar-refractivity contribution is 6.36. The van der Waals surface area contributed by atoms with Crippen LogP contribution in [0.25, 0.3) is 0 Å². The van der Waals surface area contributed by atoms with E-state index < -0.39 is 0 Å². The van der Waals surface area contributed by atoms with Gasteiger partial charge < -0.3 is 5.32 Å². The van der Waals surface area contributed by atoms with E-state index >= 15 is 0 Å². The van der Waals surface area contributed by atoms with Crippen LogP contribution >= 0.6 is 23.2 Å². The van der Waals surface area contributed by atoms with E-state index in [-0.39, 0.29) is 5.91 Å². The van der Waals surface area contributed by atoms with Crippen molar-refractivity contribution in [3.05, 3.63) is 63.1 Å². The zero-order valence-electron chi connectivity index (χ0n) is 13.6. The lowest BCUT2D eigenvalue weighted by Gasteiger charge is -2.16. The average molecular weight is 350 g/mol. The van der Waals surface area contributed by atoms with Gasteiger partial charge in [0.15, 0.2) is 0 Å². The fourth-order valence-corrected chi connectivity index (χ4v) is 3.14. The Morgan fingerprint density at radius 1 is 1.09 bits per heavy atom. The lowest BCUT2D eigenvalue weighted by atomic mass is 9.98. The lowest BCUT2D eigenvalue weighted by Crippen LogP contribution is -2.15. The topological polar surface area (TPSA) is 29.1 Å². The number of anilines is 1. The molecule has 0 fully saturated rings. The molecular weight excluding hydrogens is 329 g/mol. The van der Waals surface area contributed by atoms with E-state index in [0.29, 0.717) is 28.8 Å². The summed E-state index contributed by atoms with van der Waals surface area (Å²) < 4.78 is 0. The molecule has 0 saturated heterocycles. The second kappa shape index (κ2) is 7.85. The van der Waals surface area contributed by atoms with Crippen LogP contribution in [0.15, 0.2) is 36.4 Å². The van der Waals surface area contributed by atoms with Gasteiger partial charge in [0, 0.05) is 22.2 Å². The van der Waals surface area contributed by atoms with E-state index in [4.69, 9.17) is 23.2 Å². The van der Waals surface area contributed by atoms with Crippen molar-refractivity contribution < 1.29 is 4.79 Å². The number of benzene rings is 2. The minimum Gasteiger partial charge on any atom is -0.326 e. The summed E-state index contributed by atoms with van der Waals surface area (Å²) in [6.07, 6.45) is 0.864. The van der Waals surface area contributed by atoms with Crippen LogP contribution < -0.4 is 5.32 Å². The normalized spacial score (nSPS) is 10.9. The van der Waals surface area contributed by atoms with Crippen molar-refractivity contribution in [1.82, 2.24) is 0 Å². The Hall–Kier alpha value is -1.51. The number of hydrogen-bond acceptors (Lipinski definition) is 1. The molecule has 0 saturated carbocycles. The van der Waals surface area contributed by atoms with Gasteiger partial charge in [-0.1, -0.05) is 61.3 Å². The molecule has 1 N–H and O–H groups in total. The predicted octanol–water partition coefficient (Wildman–Crippen LogP) is 6.00. The summed E-state index contributed by atoms with van der Waals surface area (Å²) in [4.78, 5) is 12.3. The number of rotatable bonds is 5. The Balaban J connectivity index is 2.09. The summed E-state index contributed by atoms with van der Waals surface area (Å²) >= 11 is 12.3. The zero-order chi connectivity index (χ0) is 17.0. The molecule has 4 heteroatoms. The molecule has 0 spiro atoms. The first kappa shape index (κ1) is 17.8. The predicted molar refractivity (Wildman–Crippen MR) is 98.7 cm³/mol. The maximum Gasteiger partial charge on any atom is 0.224 e. The Morgan fingerprint density at radius 2 is 1.70 bits per heavy atom. The average Bonchev–Trinajstić information content (AvgIpc) is 2.48. The number of carbonyl (C=O) groups is 1. The highest BCUT2D eigenvalue weighted by Gasteiger charge is 2.13. The van der Waals surface area contributed by atoms with E-state index in [0.717, 1.165) is 22.4 Å². The van der Waals surface area contributed by atoms with Crippen LogP contribution in [0.1, 0.15) is 42.9 Å². The molecule has 122 valence electrons. The van der Waals surface area contributed by atoms with Crippen molar-refractivity contribution in [2.24, 2.45) is 0 Å². The van der Waals surface area contributed by atoms with Crippen molar-refractivity contribution in [2.75, 3.05) is 5.32 Å². The van der Waals surface area contributed by atoms with Gasteiger partial charge in [0.2, 0.25) is 5.91 Å². The molecule has 0 heterocycles. The Labute approximate surface area is 147 Å². The third-order valence-electron chi connectivity index (χ3n) is 3.86. The number of para-hydroxylation sites is 1. The van der Waals surface area contributed by atoms with Crippen LogP contribution in [0.3, 0.4) is 0 Å². The van der Waals surface area contributed by atoms with Crippen molar-refractivity contribution >= 4 is 34.8 Å². The Bertz CT molecular complexity index is 690.